The molecule has 0 radical (unpaired) electrons. The summed E-state index contributed by atoms with van der Waals surface area (Å²) in [6, 6.07) is 25.0. The fourth-order valence-electron chi connectivity index (χ4n) is 3.24. The number of nitrogens with zero attached hydrogens (tertiary/aromatic N) is 1. The Balaban J connectivity index is 1.90. The zero-order valence-corrected chi connectivity index (χ0v) is 17.7. The lowest BCUT2D eigenvalue weighted by Gasteiger charge is -2.31. The first kappa shape index (κ1) is 21.9. The lowest BCUT2D eigenvalue weighted by molar-refractivity contribution is -0.143. The molecule has 0 aliphatic heterocycles. The predicted octanol–water partition coefficient (Wildman–Crippen LogP) is 3.59. The number of likely N-dealkylation sites (N-methyl/N-ethyl adjacent to an activating group) is 1. The quantitative estimate of drug-likeness (QED) is 0.577. The van der Waals surface area contributed by atoms with Crippen LogP contribution in [-0.4, -0.2) is 37.5 Å². The van der Waals surface area contributed by atoms with Crippen molar-refractivity contribution in [3.8, 4) is 11.5 Å². The molecule has 0 unspecified atom stereocenters. The summed E-state index contributed by atoms with van der Waals surface area (Å²) < 4.78 is 10.9. The van der Waals surface area contributed by atoms with Gasteiger partial charge >= 0.3 is 0 Å². The summed E-state index contributed by atoms with van der Waals surface area (Å²) in [7, 11) is 3.16. The smallest absolute Gasteiger partial charge is 0.261 e. The second-order valence-electron chi connectivity index (χ2n) is 6.90. The Morgan fingerprint density at radius 1 is 0.871 bits per heavy atom. The summed E-state index contributed by atoms with van der Waals surface area (Å²) in [6.07, 6.45) is 0. The summed E-state index contributed by atoms with van der Waals surface area (Å²) in [5.41, 5.74) is 1.60. The topological polar surface area (TPSA) is 67.9 Å². The SMILES string of the molecule is CNC(=O)[C@H](c1ccccc1)N(Cc1ccc(OC)cc1)C(=O)COc1ccccc1. The van der Waals surface area contributed by atoms with E-state index in [1.54, 1.807) is 31.2 Å². The molecule has 3 rings (SSSR count). The van der Waals surface area contributed by atoms with E-state index in [2.05, 4.69) is 5.32 Å². The van der Waals surface area contributed by atoms with E-state index in [0.29, 0.717) is 5.75 Å². The minimum atomic E-state index is -0.792. The van der Waals surface area contributed by atoms with Crippen LogP contribution < -0.4 is 14.8 Å². The van der Waals surface area contributed by atoms with Crippen LogP contribution in [0.5, 0.6) is 11.5 Å². The van der Waals surface area contributed by atoms with Gasteiger partial charge in [-0.3, -0.25) is 9.59 Å². The average Bonchev–Trinajstić information content (AvgIpc) is 2.83. The molecule has 0 spiro atoms. The molecule has 0 fully saturated rings. The molecule has 0 aliphatic rings. The molecule has 160 valence electrons. The number of carbonyl (C=O) groups excluding carboxylic acids is 2. The number of hydrogen-bond acceptors (Lipinski definition) is 4. The molecular formula is C25H26N2O4. The molecule has 6 nitrogen and oxygen atoms in total. The highest BCUT2D eigenvalue weighted by Crippen LogP contribution is 2.25. The van der Waals surface area contributed by atoms with Crippen molar-refractivity contribution < 1.29 is 19.1 Å². The number of hydrogen-bond donors (Lipinski definition) is 1. The molecule has 0 aliphatic carbocycles. The zero-order chi connectivity index (χ0) is 22.1. The number of ether oxygens (including phenoxy) is 2. The summed E-state index contributed by atoms with van der Waals surface area (Å²) >= 11 is 0. The highest BCUT2D eigenvalue weighted by atomic mass is 16.5. The molecule has 6 heteroatoms. The zero-order valence-electron chi connectivity index (χ0n) is 17.7. The maximum Gasteiger partial charge on any atom is 0.261 e. The fraction of sp³-hybridized carbons (Fsp3) is 0.200. The van der Waals surface area contributed by atoms with Crippen LogP contribution in [0.2, 0.25) is 0 Å². The second-order valence-corrected chi connectivity index (χ2v) is 6.90. The van der Waals surface area contributed by atoms with Crippen molar-refractivity contribution in [2.24, 2.45) is 0 Å². The number of para-hydroxylation sites is 1. The van der Waals surface area contributed by atoms with Gasteiger partial charge in [0.2, 0.25) is 5.91 Å². The molecular weight excluding hydrogens is 392 g/mol. The molecule has 2 amide bonds. The van der Waals surface area contributed by atoms with Crippen molar-refractivity contribution in [2.45, 2.75) is 12.6 Å². The van der Waals surface area contributed by atoms with Crippen molar-refractivity contribution in [3.63, 3.8) is 0 Å². The molecule has 3 aromatic rings. The highest BCUT2D eigenvalue weighted by molar-refractivity contribution is 5.89. The van der Waals surface area contributed by atoms with E-state index in [-0.39, 0.29) is 25.0 Å². The van der Waals surface area contributed by atoms with Crippen LogP contribution in [0.4, 0.5) is 0 Å². The normalized spacial score (nSPS) is 11.3. The van der Waals surface area contributed by atoms with Gasteiger partial charge in [-0.25, -0.2) is 0 Å². The number of benzene rings is 3. The van der Waals surface area contributed by atoms with Gasteiger partial charge in [-0.05, 0) is 35.4 Å². The van der Waals surface area contributed by atoms with Crippen LogP contribution in [0.25, 0.3) is 0 Å². The Kier molecular flexibility index (Phi) is 7.65. The van der Waals surface area contributed by atoms with Crippen LogP contribution in [0, 0.1) is 0 Å². The van der Waals surface area contributed by atoms with Crippen LogP contribution in [-0.2, 0) is 16.1 Å². The minimum Gasteiger partial charge on any atom is -0.497 e. The summed E-state index contributed by atoms with van der Waals surface area (Å²) in [5.74, 6) is 0.751. The van der Waals surface area contributed by atoms with Gasteiger partial charge in [-0.1, -0.05) is 60.7 Å². The van der Waals surface area contributed by atoms with Crippen LogP contribution >= 0.6 is 0 Å². The number of amides is 2. The van der Waals surface area contributed by atoms with E-state index in [9.17, 15) is 9.59 Å². The van der Waals surface area contributed by atoms with Crippen LogP contribution in [0.15, 0.2) is 84.9 Å². The van der Waals surface area contributed by atoms with Gasteiger partial charge in [-0.15, -0.1) is 0 Å². The Hall–Kier alpha value is -3.80. The lowest BCUT2D eigenvalue weighted by atomic mass is 10.0. The van der Waals surface area contributed by atoms with Crippen molar-refractivity contribution in [2.75, 3.05) is 20.8 Å². The summed E-state index contributed by atoms with van der Waals surface area (Å²) in [5, 5.41) is 2.68. The third kappa shape index (κ3) is 5.85. The largest absolute Gasteiger partial charge is 0.497 e. The second kappa shape index (κ2) is 10.8. The minimum absolute atomic E-state index is 0.180. The summed E-state index contributed by atoms with van der Waals surface area (Å²) in [6.45, 7) is 0.0639. The third-order valence-electron chi connectivity index (χ3n) is 4.86. The standard InChI is InChI=1S/C25H26N2O4/c1-26-25(29)24(20-9-5-3-6-10-20)27(17-19-13-15-21(30-2)16-14-19)23(28)18-31-22-11-7-4-8-12-22/h3-16,24H,17-18H2,1-2H3,(H,26,29)/t24-/m0/s1. The van der Waals surface area contributed by atoms with Gasteiger partial charge in [0.05, 0.1) is 7.11 Å². The van der Waals surface area contributed by atoms with Gasteiger partial charge in [-0.2, -0.15) is 0 Å². The number of rotatable bonds is 9. The highest BCUT2D eigenvalue weighted by Gasteiger charge is 2.31. The molecule has 0 bridgehead atoms. The van der Waals surface area contributed by atoms with E-state index < -0.39 is 6.04 Å². The van der Waals surface area contributed by atoms with Crippen molar-refractivity contribution in [3.05, 3.63) is 96.1 Å². The molecule has 0 saturated heterocycles. The third-order valence-corrected chi connectivity index (χ3v) is 4.86. The maximum absolute atomic E-state index is 13.3. The van der Waals surface area contributed by atoms with Crippen molar-refractivity contribution in [1.82, 2.24) is 10.2 Å². The summed E-state index contributed by atoms with van der Waals surface area (Å²) in [4.78, 5) is 27.7. The van der Waals surface area contributed by atoms with E-state index in [1.165, 1.54) is 0 Å². The fourth-order valence-corrected chi connectivity index (χ4v) is 3.24. The Bertz CT molecular complexity index is 975. The van der Waals surface area contributed by atoms with E-state index in [0.717, 1.165) is 16.9 Å². The van der Waals surface area contributed by atoms with Crippen LogP contribution in [0.3, 0.4) is 0 Å². The van der Waals surface area contributed by atoms with E-state index >= 15 is 0 Å². The molecule has 31 heavy (non-hydrogen) atoms. The molecule has 3 aromatic carbocycles. The Morgan fingerprint density at radius 3 is 2.06 bits per heavy atom. The lowest BCUT2D eigenvalue weighted by Crippen LogP contribution is -2.44. The first-order chi connectivity index (χ1) is 15.1. The van der Waals surface area contributed by atoms with E-state index in [1.807, 2.05) is 72.8 Å². The van der Waals surface area contributed by atoms with E-state index in [4.69, 9.17) is 9.47 Å². The number of nitrogens with one attached hydrogen (secondary N) is 1. The predicted molar refractivity (Wildman–Crippen MR) is 119 cm³/mol. The molecule has 1 N–H and O–H groups in total. The van der Waals surface area contributed by atoms with Crippen LogP contribution in [0.1, 0.15) is 17.2 Å². The molecule has 0 aromatic heterocycles. The van der Waals surface area contributed by atoms with Crippen molar-refractivity contribution in [1.29, 1.82) is 0 Å². The van der Waals surface area contributed by atoms with Gasteiger partial charge in [0.1, 0.15) is 17.5 Å². The van der Waals surface area contributed by atoms with Gasteiger partial charge < -0.3 is 19.7 Å². The van der Waals surface area contributed by atoms with Crippen molar-refractivity contribution >= 4 is 11.8 Å². The van der Waals surface area contributed by atoms with Gasteiger partial charge in [0, 0.05) is 13.6 Å². The van der Waals surface area contributed by atoms with Gasteiger partial charge in [0.25, 0.3) is 5.91 Å². The Labute approximate surface area is 182 Å². The average molecular weight is 418 g/mol. The number of methoxy groups -OCH3 is 1. The molecule has 1 atom stereocenters. The first-order valence-corrected chi connectivity index (χ1v) is 9.99. The Morgan fingerprint density at radius 2 is 1.48 bits per heavy atom. The first-order valence-electron chi connectivity index (χ1n) is 9.99. The molecule has 0 saturated carbocycles. The van der Waals surface area contributed by atoms with Gasteiger partial charge in [0.15, 0.2) is 6.61 Å². The monoisotopic (exact) mass is 418 g/mol. The maximum atomic E-state index is 13.3. The molecule has 0 heterocycles. The number of carbonyl (C=O) groups is 2.